The molecule has 2 amide bonds. The average molecular weight is 358 g/mol. The number of halogens is 2. The van der Waals surface area contributed by atoms with Gasteiger partial charge in [0.15, 0.2) is 0 Å². The van der Waals surface area contributed by atoms with Gasteiger partial charge in [-0.15, -0.1) is 11.3 Å². The summed E-state index contributed by atoms with van der Waals surface area (Å²) in [7, 11) is 1.58. The van der Waals surface area contributed by atoms with Crippen molar-refractivity contribution in [3.8, 4) is 0 Å². The van der Waals surface area contributed by atoms with Crippen LogP contribution in [0.15, 0.2) is 11.7 Å². The zero-order valence-corrected chi connectivity index (χ0v) is 14.6. The van der Waals surface area contributed by atoms with Crippen LogP contribution in [0.2, 0.25) is 0 Å². The summed E-state index contributed by atoms with van der Waals surface area (Å²) in [6.45, 7) is 3.92. The van der Waals surface area contributed by atoms with Crippen LogP contribution < -0.4 is 5.32 Å². The molecule has 0 aromatic carbocycles. The van der Waals surface area contributed by atoms with E-state index >= 15 is 0 Å². The number of nitrogens with zero attached hydrogens (tertiary/aromatic N) is 5. The van der Waals surface area contributed by atoms with E-state index < -0.39 is 13.0 Å². The Morgan fingerprint density at radius 1 is 1.50 bits per heavy atom. The number of rotatable bonds is 7. The third-order valence-corrected chi connectivity index (χ3v) is 4.54. The smallest absolute Gasteiger partial charge is 0.317 e. The van der Waals surface area contributed by atoms with Gasteiger partial charge in [0.25, 0.3) is 6.43 Å². The van der Waals surface area contributed by atoms with E-state index in [-0.39, 0.29) is 18.5 Å². The van der Waals surface area contributed by atoms with E-state index in [1.165, 1.54) is 11.2 Å². The van der Waals surface area contributed by atoms with Crippen LogP contribution >= 0.6 is 11.3 Å². The van der Waals surface area contributed by atoms with Crippen molar-refractivity contribution in [2.75, 3.05) is 13.6 Å². The van der Waals surface area contributed by atoms with Crippen molar-refractivity contribution in [3.05, 3.63) is 28.2 Å². The SMILES string of the molecule is Cc1csc([C@@H](C)CNC(=O)N(C)Cc2ncnn2CC(F)F)n1. The normalized spacial score (nSPS) is 12.4. The van der Waals surface area contributed by atoms with Crippen LogP contribution in [-0.2, 0) is 13.1 Å². The van der Waals surface area contributed by atoms with Crippen LogP contribution in [0.5, 0.6) is 0 Å². The van der Waals surface area contributed by atoms with Gasteiger partial charge in [0, 0.05) is 30.6 Å². The number of aromatic nitrogens is 4. The molecule has 0 aliphatic carbocycles. The number of thiazole rings is 1. The quantitative estimate of drug-likeness (QED) is 0.824. The number of urea groups is 1. The Balaban J connectivity index is 1.85. The molecular weight excluding hydrogens is 338 g/mol. The highest BCUT2D eigenvalue weighted by atomic mass is 32.1. The fraction of sp³-hybridized carbons (Fsp3) is 0.571. The van der Waals surface area contributed by atoms with Gasteiger partial charge in [-0.3, -0.25) is 0 Å². The highest BCUT2D eigenvalue weighted by molar-refractivity contribution is 7.09. The van der Waals surface area contributed by atoms with Gasteiger partial charge in [-0.2, -0.15) is 5.10 Å². The molecule has 2 heterocycles. The monoisotopic (exact) mass is 358 g/mol. The molecule has 132 valence electrons. The summed E-state index contributed by atoms with van der Waals surface area (Å²) in [6, 6.07) is -0.304. The molecule has 0 aliphatic rings. The lowest BCUT2D eigenvalue weighted by Crippen LogP contribution is -2.39. The lowest BCUT2D eigenvalue weighted by Gasteiger charge is -2.19. The van der Waals surface area contributed by atoms with Gasteiger partial charge in [-0.05, 0) is 6.92 Å². The number of hydrogen-bond donors (Lipinski definition) is 1. The summed E-state index contributed by atoms with van der Waals surface area (Å²) in [6.07, 6.45) is -1.32. The molecule has 0 unspecified atom stereocenters. The number of amides is 2. The molecule has 7 nitrogen and oxygen atoms in total. The first-order chi connectivity index (χ1) is 11.4. The Hall–Kier alpha value is -2.10. The van der Waals surface area contributed by atoms with Gasteiger partial charge < -0.3 is 10.2 Å². The van der Waals surface area contributed by atoms with Crippen molar-refractivity contribution in [2.24, 2.45) is 0 Å². The Labute approximate surface area is 142 Å². The van der Waals surface area contributed by atoms with Crippen molar-refractivity contribution in [3.63, 3.8) is 0 Å². The van der Waals surface area contributed by atoms with E-state index in [4.69, 9.17) is 0 Å². The molecule has 2 aromatic heterocycles. The molecule has 0 bridgehead atoms. The number of carbonyl (C=O) groups excluding carboxylic acids is 1. The van der Waals surface area contributed by atoms with Crippen LogP contribution in [0.1, 0.15) is 29.4 Å². The first-order valence-corrected chi connectivity index (χ1v) is 8.30. The molecule has 0 spiro atoms. The Bertz CT molecular complexity index is 674. The van der Waals surface area contributed by atoms with Gasteiger partial charge in [0.05, 0.1) is 11.6 Å². The van der Waals surface area contributed by atoms with Gasteiger partial charge in [0.1, 0.15) is 18.7 Å². The van der Waals surface area contributed by atoms with Crippen molar-refractivity contribution in [1.29, 1.82) is 0 Å². The van der Waals surface area contributed by atoms with E-state index in [0.29, 0.717) is 12.4 Å². The van der Waals surface area contributed by atoms with Crippen LogP contribution in [0.25, 0.3) is 0 Å². The predicted molar refractivity (Wildman–Crippen MR) is 86.2 cm³/mol. The summed E-state index contributed by atoms with van der Waals surface area (Å²) < 4.78 is 26.0. The molecule has 2 rings (SSSR count). The molecule has 1 atom stereocenters. The lowest BCUT2D eigenvalue weighted by molar-refractivity contribution is 0.119. The Morgan fingerprint density at radius 2 is 2.25 bits per heavy atom. The molecular formula is C14H20F2N6OS. The molecule has 0 saturated heterocycles. The van der Waals surface area contributed by atoms with Crippen LogP contribution in [0.3, 0.4) is 0 Å². The van der Waals surface area contributed by atoms with Crippen LogP contribution in [0.4, 0.5) is 13.6 Å². The molecule has 0 aliphatic heterocycles. The van der Waals surface area contributed by atoms with Crippen LogP contribution in [-0.4, -0.2) is 50.7 Å². The fourth-order valence-electron chi connectivity index (χ4n) is 2.04. The number of hydrogen-bond acceptors (Lipinski definition) is 5. The Morgan fingerprint density at radius 3 is 2.88 bits per heavy atom. The maximum absolute atomic E-state index is 12.5. The number of aryl methyl sites for hydroxylation is 1. The highest BCUT2D eigenvalue weighted by Crippen LogP contribution is 2.18. The first kappa shape index (κ1) is 18.2. The third-order valence-electron chi connectivity index (χ3n) is 3.35. The topological polar surface area (TPSA) is 75.9 Å². The molecule has 24 heavy (non-hydrogen) atoms. The molecule has 0 saturated carbocycles. The minimum absolute atomic E-state index is 0.100. The highest BCUT2D eigenvalue weighted by Gasteiger charge is 2.17. The maximum Gasteiger partial charge on any atom is 0.317 e. The summed E-state index contributed by atoms with van der Waals surface area (Å²) in [5.41, 5.74) is 0.962. The van der Waals surface area contributed by atoms with Gasteiger partial charge in [-0.1, -0.05) is 6.92 Å². The van der Waals surface area contributed by atoms with Gasteiger partial charge in [-0.25, -0.2) is 28.2 Å². The Kier molecular flexibility index (Phi) is 6.18. The number of carbonyl (C=O) groups is 1. The van der Waals surface area contributed by atoms with Gasteiger partial charge >= 0.3 is 6.03 Å². The fourth-order valence-corrected chi connectivity index (χ4v) is 2.90. The lowest BCUT2D eigenvalue weighted by atomic mass is 10.2. The van der Waals surface area contributed by atoms with Crippen molar-refractivity contribution in [2.45, 2.75) is 39.3 Å². The van der Waals surface area contributed by atoms with E-state index in [1.807, 2.05) is 19.2 Å². The summed E-state index contributed by atoms with van der Waals surface area (Å²) in [5.74, 6) is 0.417. The second kappa shape index (κ2) is 8.13. The maximum atomic E-state index is 12.5. The van der Waals surface area contributed by atoms with E-state index in [0.717, 1.165) is 15.4 Å². The number of nitrogens with one attached hydrogen (secondary N) is 1. The molecule has 0 radical (unpaired) electrons. The average Bonchev–Trinajstić information content (AvgIpc) is 3.13. The summed E-state index contributed by atoms with van der Waals surface area (Å²) >= 11 is 1.56. The largest absolute Gasteiger partial charge is 0.337 e. The predicted octanol–water partition coefficient (Wildman–Crippen LogP) is 2.25. The van der Waals surface area contributed by atoms with Gasteiger partial charge in [0.2, 0.25) is 0 Å². The third kappa shape index (κ3) is 4.95. The number of alkyl halides is 2. The standard InChI is InChI=1S/C14H20F2N6OS/c1-9(13-20-10(2)7-24-13)4-17-14(23)21(3)6-12-18-8-19-22(12)5-11(15)16/h7-9,11H,4-6H2,1-3H3,(H,17,23)/t9-/m0/s1. The first-order valence-electron chi connectivity index (χ1n) is 7.42. The molecule has 10 heteroatoms. The minimum atomic E-state index is -2.52. The second-order valence-electron chi connectivity index (χ2n) is 5.52. The van der Waals surface area contributed by atoms with Crippen LogP contribution in [0, 0.1) is 6.92 Å². The molecule has 0 fully saturated rings. The summed E-state index contributed by atoms with van der Waals surface area (Å²) in [5, 5.41) is 9.49. The van der Waals surface area contributed by atoms with E-state index in [9.17, 15) is 13.6 Å². The van der Waals surface area contributed by atoms with Crippen molar-refractivity contribution < 1.29 is 13.6 Å². The van der Waals surface area contributed by atoms with Crippen molar-refractivity contribution in [1.82, 2.24) is 30.0 Å². The van der Waals surface area contributed by atoms with Crippen molar-refractivity contribution >= 4 is 17.4 Å². The molecule has 2 aromatic rings. The van der Waals surface area contributed by atoms with E-state index in [2.05, 4.69) is 20.4 Å². The van der Waals surface area contributed by atoms with E-state index in [1.54, 1.807) is 18.4 Å². The minimum Gasteiger partial charge on any atom is -0.337 e. The second-order valence-corrected chi connectivity index (χ2v) is 6.41. The zero-order chi connectivity index (χ0) is 17.7. The summed E-state index contributed by atoms with van der Waals surface area (Å²) in [4.78, 5) is 21.8. The molecule has 1 N–H and O–H groups in total. The zero-order valence-electron chi connectivity index (χ0n) is 13.7.